The number of benzene rings is 1. The molecule has 0 fully saturated rings. The molecule has 0 bridgehead atoms. The molecule has 106 valence electrons. The van der Waals surface area contributed by atoms with Crippen LogP contribution in [0.5, 0.6) is 0 Å². The largest absolute Gasteiger partial charge is 0.447 e. The maximum absolute atomic E-state index is 12.3. The summed E-state index contributed by atoms with van der Waals surface area (Å²) in [4.78, 5) is 11.3. The fourth-order valence-electron chi connectivity index (χ4n) is 1.15. The Morgan fingerprint density at radius 2 is 1.79 bits per heavy atom. The van der Waals surface area contributed by atoms with E-state index in [-0.39, 0.29) is 12.3 Å². The zero-order valence-electron chi connectivity index (χ0n) is 10.5. The van der Waals surface area contributed by atoms with E-state index in [4.69, 9.17) is 10.5 Å². The average Bonchev–Trinajstić information content (AvgIpc) is 2.25. The summed E-state index contributed by atoms with van der Waals surface area (Å²) >= 11 is 0. The van der Waals surface area contributed by atoms with E-state index in [1.807, 2.05) is 0 Å². The van der Waals surface area contributed by atoms with Crippen LogP contribution < -0.4 is 11.1 Å². The number of amides is 1. The van der Waals surface area contributed by atoms with E-state index in [1.54, 1.807) is 13.8 Å². The van der Waals surface area contributed by atoms with Gasteiger partial charge in [0.1, 0.15) is 6.61 Å². The van der Waals surface area contributed by atoms with E-state index in [0.717, 1.165) is 24.3 Å². The van der Waals surface area contributed by atoms with Gasteiger partial charge in [-0.3, -0.25) is 5.32 Å². The lowest BCUT2D eigenvalue weighted by molar-refractivity contribution is -0.137. The standard InChI is InChI=1S/C12H15F3N2O2/c1-11(2,16)7-19-10(18)17-9-5-3-8(4-6-9)12(13,14)15/h3-6H,7,16H2,1-2H3,(H,17,18). The Bertz CT molecular complexity index is 436. The Hall–Kier alpha value is -1.76. The Labute approximate surface area is 108 Å². The summed E-state index contributed by atoms with van der Waals surface area (Å²) in [7, 11) is 0. The minimum absolute atomic E-state index is 0.000528. The van der Waals surface area contributed by atoms with Crippen LogP contribution in [0.4, 0.5) is 23.7 Å². The molecule has 0 saturated carbocycles. The molecule has 1 rings (SSSR count). The van der Waals surface area contributed by atoms with Gasteiger partial charge in [0, 0.05) is 11.2 Å². The van der Waals surface area contributed by atoms with Crippen molar-refractivity contribution in [3.8, 4) is 0 Å². The van der Waals surface area contributed by atoms with Crippen molar-refractivity contribution in [3.05, 3.63) is 29.8 Å². The monoisotopic (exact) mass is 276 g/mol. The summed E-state index contributed by atoms with van der Waals surface area (Å²) in [6.07, 6.45) is -5.17. The van der Waals surface area contributed by atoms with Gasteiger partial charge < -0.3 is 10.5 Å². The molecule has 0 radical (unpaired) electrons. The zero-order chi connectivity index (χ0) is 14.7. The van der Waals surface area contributed by atoms with Crippen LogP contribution in [0.3, 0.4) is 0 Å². The Balaban J connectivity index is 2.56. The van der Waals surface area contributed by atoms with Crippen LogP contribution >= 0.6 is 0 Å². The quantitative estimate of drug-likeness (QED) is 0.892. The summed E-state index contributed by atoms with van der Waals surface area (Å²) in [5.41, 5.74) is 4.38. The van der Waals surface area contributed by atoms with Crippen LogP contribution in [0.2, 0.25) is 0 Å². The number of carbonyl (C=O) groups is 1. The third-order valence-electron chi connectivity index (χ3n) is 2.03. The molecule has 0 spiro atoms. The van der Waals surface area contributed by atoms with Gasteiger partial charge in [0.25, 0.3) is 0 Å². The van der Waals surface area contributed by atoms with Gasteiger partial charge in [-0.1, -0.05) is 0 Å². The summed E-state index contributed by atoms with van der Waals surface area (Å²) in [6.45, 7) is 3.36. The molecule has 0 aliphatic rings. The van der Waals surface area contributed by atoms with E-state index < -0.39 is 23.4 Å². The maximum atomic E-state index is 12.3. The van der Waals surface area contributed by atoms with E-state index in [9.17, 15) is 18.0 Å². The number of halogens is 3. The molecule has 1 amide bonds. The normalized spacial score (nSPS) is 12.1. The number of alkyl halides is 3. The lowest BCUT2D eigenvalue weighted by atomic mass is 10.1. The number of ether oxygens (including phenoxy) is 1. The molecule has 19 heavy (non-hydrogen) atoms. The van der Waals surface area contributed by atoms with Crippen LogP contribution in [-0.4, -0.2) is 18.2 Å². The lowest BCUT2D eigenvalue weighted by Crippen LogP contribution is -2.38. The SMILES string of the molecule is CC(C)(N)COC(=O)Nc1ccc(C(F)(F)F)cc1. The topological polar surface area (TPSA) is 64.3 Å². The minimum Gasteiger partial charge on any atom is -0.447 e. The summed E-state index contributed by atoms with van der Waals surface area (Å²) in [5.74, 6) is 0. The molecule has 0 saturated heterocycles. The van der Waals surface area contributed by atoms with Crippen molar-refractivity contribution in [2.75, 3.05) is 11.9 Å². The number of rotatable bonds is 3. The molecule has 0 aromatic heterocycles. The van der Waals surface area contributed by atoms with Crippen molar-refractivity contribution in [3.63, 3.8) is 0 Å². The fraction of sp³-hybridized carbons (Fsp3) is 0.417. The van der Waals surface area contributed by atoms with Crippen LogP contribution in [0.25, 0.3) is 0 Å². The predicted molar refractivity (Wildman–Crippen MR) is 64.7 cm³/mol. The van der Waals surface area contributed by atoms with Gasteiger partial charge in [-0.25, -0.2) is 4.79 Å². The fourth-order valence-corrected chi connectivity index (χ4v) is 1.15. The third kappa shape index (κ3) is 5.60. The van der Waals surface area contributed by atoms with Crippen LogP contribution in [-0.2, 0) is 10.9 Å². The van der Waals surface area contributed by atoms with E-state index in [1.165, 1.54) is 0 Å². The van der Waals surface area contributed by atoms with Crippen LogP contribution in [0.1, 0.15) is 19.4 Å². The highest BCUT2D eigenvalue weighted by Gasteiger charge is 2.30. The molecule has 0 aliphatic carbocycles. The maximum Gasteiger partial charge on any atom is 0.416 e. The van der Waals surface area contributed by atoms with Crippen LogP contribution in [0.15, 0.2) is 24.3 Å². The highest BCUT2D eigenvalue weighted by molar-refractivity contribution is 5.84. The average molecular weight is 276 g/mol. The minimum atomic E-state index is -4.40. The number of hydrogen-bond acceptors (Lipinski definition) is 3. The Kier molecular flexibility index (Phi) is 4.41. The van der Waals surface area contributed by atoms with Gasteiger partial charge in [-0.2, -0.15) is 13.2 Å². The molecule has 0 heterocycles. The molecular formula is C12H15F3N2O2. The second kappa shape index (κ2) is 5.48. The first kappa shape index (κ1) is 15.3. The van der Waals surface area contributed by atoms with Crippen molar-refractivity contribution in [2.24, 2.45) is 5.73 Å². The lowest BCUT2D eigenvalue weighted by Gasteiger charge is -2.18. The highest BCUT2D eigenvalue weighted by atomic mass is 19.4. The first-order chi connectivity index (χ1) is 8.58. The van der Waals surface area contributed by atoms with Gasteiger partial charge in [-0.05, 0) is 38.1 Å². The second-order valence-electron chi connectivity index (χ2n) is 4.76. The van der Waals surface area contributed by atoms with Crippen molar-refractivity contribution >= 4 is 11.8 Å². The predicted octanol–water partition coefficient (Wildman–Crippen LogP) is 2.99. The molecule has 0 unspecified atom stereocenters. The number of hydrogen-bond donors (Lipinski definition) is 2. The molecular weight excluding hydrogens is 261 g/mol. The Morgan fingerprint density at radius 1 is 1.26 bits per heavy atom. The van der Waals surface area contributed by atoms with Gasteiger partial charge in [-0.15, -0.1) is 0 Å². The molecule has 7 heteroatoms. The molecule has 0 atom stereocenters. The van der Waals surface area contributed by atoms with Crippen LogP contribution in [0, 0.1) is 0 Å². The first-order valence-electron chi connectivity index (χ1n) is 5.48. The number of nitrogens with two attached hydrogens (primary N) is 1. The third-order valence-corrected chi connectivity index (χ3v) is 2.03. The van der Waals surface area contributed by atoms with Gasteiger partial charge in [0.2, 0.25) is 0 Å². The zero-order valence-corrected chi connectivity index (χ0v) is 10.5. The van der Waals surface area contributed by atoms with Crippen molar-refractivity contribution in [1.29, 1.82) is 0 Å². The number of anilines is 1. The molecule has 1 aromatic rings. The van der Waals surface area contributed by atoms with Crippen molar-refractivity contribution in [1.82, 2.24) is 0 Å². The van der Waals surface area contributed by atoms with E-state index in [0.29, 0.717) is 0 Å². The van der Waals surface area contributed by atoms with Crippen molar-refractivity contribution in [2.45, 2.75) is 25.6 Å². The summed E-state index contributed by atoms with van der Waals surface area (Å²) in [6, 6.07) is 4.06. The smallest absolute Gasteiger partial charge is 0.416 e. The summed E-state index contributed by atoms with van der Waals surface area (Å²) < 4.78 is 41.7. The van der Waals surface area contributed by atoms with Gasteiger partial charge in [0.15, 0.2) is 0 Å². The van der Waals surface area contributed by atoms with Gasteiger partial charge in [0.05, 0.1) is 5.56 Å². The van der Waals surface area contributed by atoms with E-state index in [2.05, 4.69) is 5.32 Å². The molecule has 4 nitrogen and oxygen atoms in total. The second-order valence-corrected chi connectivity index (χ2v) is 4.76. The number of carbonyl (C=O) groups excluding carboxylic acids is 1. The molecule has 1 aromatic carbocycles. The van der Waals surface area contributed by atoms with E-state index >= 15 is 0 Å². The molecule has 0 aliphatic heterocycles. The first-order valence-corrected chi connectivity index (χ1v) is 5.48. The summed E-state index contributed by atoms with van der Waals surface area (Å²) in [5, 5.41) is 2.31. The molecule has 3 N–H and O–H groups in total. The van der Waals surface area contributed by atoms with Gasteiger partial charge >= 0.3 is 12.3 Å². The highest BCUT2D eigenvalue weighted by Crippen LogP contribution is 2.29. The number of nitrogens with one attached hydrogen (secondary N) is 1. The van der Waals surface area contributed by atoms with Crippen molar-refractivity contribution < 1.29 is 22.7 Å². The Morgan fingerprint density at radius 3 is 2.21 bits per heavy atom.